The number of carbonyl (C=O) groups excluding carboxylic acids is 1. The molecule has 2 heterocycles. The van der Waals surface area contributed by atoms with Crippen LogP contribution >= 0.6 is 0 Å². The van der Waals surface area contributed by atoms with Crippen LogP contribution in [0.2, 0.25) is 0 Å². The Morgan fingerprint density at radius 1 is 1.42 bits per heavy atom. The second-order valence-electron chi connectivity index (χ2n) is 6.63. The molecule has 6 heteroatoms. The number of para-hydroxylation sites is 1. The summed E-state index contributed by atoms with van der Waals surface area (Å²) in [6, 6.07) is 8.89. The number of phenolic OH excluding ortho intramolecular Hbond substituents is 1. The van der Waals surface area contributed by atoms with Gasteiger partial charge in [-0.2, -0.15) is 0 Å². The standard InChI is InChI=1S/C20H24N4O2/c1-2-19(26)24-8-7-13(12-24)9-15-10-14(20(22)23-15)11-17(21)16-5-3-4-6-18(16)25/h2-6,10-11,13,23,25H,1,7-9,12,21-22H2/b17-11-. The molecule has 1 aromatic heterocycles. The highest BCUT2D eigenvalue weighted by Gasteiger charge is 2.25. The maximum Gasteiger partial charge on any atom is 0.245 e. The second kappa shape index (κ2) is 7.39. The number of H-pyrrole nitrogens is 1. The summed E-state index contributed by atoms with van der Waals surface area (Å²) >= 11 is 0. The lowest BCUT2D eigenvalue weighted by Gasteiger charge is -2.13. The zero-order chi connectivity index (χ0) is 18.7. The quantitative estimate of drug-likeness (QED) is 0.619. The number of rotatable bonds is 5. The van der Waals surface area contributed by atoms with E-state index in [0.29, 0.717) is 23.0 Å². The first-order chi connectivity index (χ1) is 12.5. The molecule has 2 aromatic rings. The van der Waals surface area contributed by atoms with E-state index in [4.69, 9.17) is 11.5 Å². The van der Waals surface area contributed by atoms with Gasteiger partial charge in [-0.3, -0.25) is 4.79 Å². The predicted molar refractivity (Wildman–Crippen MR) is 104 cm³/mol. The molecule has 1 amide bonds. The van der Waals surface area contributed by atoms with Gasteiger partial charge in [0.1, 0.15) is 11.6 Å². The highest BCUT2D eigenvalue weighted by molar-refractivity contribution is 5.87. The number of aromatic nitrogens is 1. The number of benzene rings is 1. The lowest BCUT2D eigenvalue weighted by molar-refractivity contribution is -0.125. The number of carbonyl (C=O) groups is 1. The summed E-state index contributed by atoms with van der Waals surface area (Å²) in [5.74, 6) is 1.05. The SMILES string of the molecule is C=CC(=O)N1CCC(Cc2cc(/C=C(\N)c3ccccc3O)c(N)[nH]2)C1. The van der Waals surface area contributed by atoms with Crippen LogP contribution in [-0.4, -0.2) is 34.0 Å². The molecule has 1 aliphatic rings. The number of likely N-dealkylation sites (tertiary alicyclic amines) is 1. The van der Waals surface area contributed by atoms with Crippen LogP contribution in [0.15, 0.2) is 43.0 Å². The molecular formula is C20H24N4O2. The van der Waals surface area contributed by atoms with Crippen LogP contribution in [0.25, 0.3) is 11.8 Å². The number of phenols is 1. The Bertz CT molecular complexity index is 853. The van der Waals surface area contributed by atoms with Crippen molar-refractivity contribution in [3.8, 4) is 5.75 Å². The number of nitrogens with zero attached hydrogens (tertiary/aromatic N) is 1. The minimum atomic E-state index is -0.0161. The Hall–Kier alpha value is -3.15. The predicted octanol–water partition coefficient (Wildman–Crippen LogP) is 2.34. The van der Waals surface area contributed by atoms with Crippen LogP contribution in [-0.2, 0) is 11.2 Å². The van der Waals surface area contributed by atoms with Crippen molar-refractivity contribution in [1.29, 1.82) is 0 Å². The van der Waals surface area contributed by atoms with E-state index < -0.39 is 0 Å². The first kappa shape index (κ1) is 17.7. The fraction of sp³-hybridized carbons (Fsp3) is 0.250. The molecule has 26 heavy (non-hydrogen) atoms. The Kier molecular flexibility index (Phi) is 5.02. The monoisotopic (exact) mass is 352 g/mol. The number of hydrogen-bond donors (Lipinski definition) is 4. The van der Waals surface area contributed by atoms with E-state index in [1.54, 1.807) is 24.3 Å². The fourth-order valence-electron chi connectivity index (χ4n) is 3.38. The van der Waals surface area contributed by atoms with Crippen LogP contribution < -0.4 is 11.5 Å². The fourth-order valence-corrected chi connectivity index (χ4v) is 3.38. The Labute approximate surface area is 152 Å². The van der Waals surface area contributed by atoms with Crippen LogP contribution in [0.3, 0.4) is 0 Å². The summed E-state index contributed by atoms with van der Waals surface area (Å²) < 4.78 is 0. The van der Waals surface area contributed by atoms with Crippen molar-refractivity contribution in [1.82, 2.24) is 9.88 Å². The van der Waals surface area contributed by atoms with E-state index in [9.17, 15) is 9.90 Å². The van der Waals surface area contributed by atoms with Crippen LogP contribution in [0.4, 0.5) is 5.82 Å². The molecule has 0 radical (unpaired) electrons. The van der Waals surface area contributed by atoms with Crippen molar-refractivity contribution >= 4 is 23.5 Å². The van der Waals surface area contributed by atoms with E-state index in [2.05, 4.69) is 11.6 Å². The van der Waals surface area contributed by atoms with Gasteiger partial charge in [-0.1, -0.05) is 18.7 Å². The average Bonchev–Trinajstić information content (AvgIpc) is 3.22. The summed E-state index contributed by atoms with van der Waals surface area (Å²) in [5, 5.41) is 9.91. The molecule has 0 aliphatic carbocycles. The van der Waals surface area contributed by atoms with Crippen molar-refractivity contribution in [3.63, 3.8) is 0 Å². The smallest absolute Gasteiger partial charge is 0.245 e. The van der Waals surface area contributed by atoms with Gasteiger partial charge in [0.25, 0.3) is 0 Å². The molecule has 1 atom stereocenters. The largest absolute Gasteiger partial charge is 0.507 e. The highest BCUT2D eigenvalue weighted by atomic mass is 16.3. The number of hydrogen-bond acceptors (Lipinski definition) is 4. The normalized spacial score (nSPS) is 17.5. The van der Waals surface area contributed by atoms with E-state index in [1.165, 1.54) is 6.08 Å². The van der Waals surface area contributed by atoms with Crippen molar-refractivity contribution in [2.45, 2.75) is 12.8 Å². The van der Waals surface area contributed by atoms with Gasteiger partial charge >= 0.3 is 0 Å². The molecule has 1 saturated heterocycles. The number of aromatic hydroxyl groups is 1. The van der Waals surface area contributed by atoms with E-state index in [-0.39, 0.29) is 11.7 Å². The van der Waals surface area contributed by atoms with Gasteiger partial charge in [0.15, 0.2) is 0 Å². The molecule has 1 aromatic carbocycles. The summed E-state index contributed by atoms with van der Waals surface area (Å²) in [7, 11) is 0. The van der Waals surface area contributed by atoms with Gasteiger partial charge in [0.05, 0.1) is 0 Å². The lowest BCUT2D eigenvalue weighted by atomic mass is 10.0. The molecule has 6 nitrogen and oxygen atoms in total. The summed E-state index contributed by atoms with van der Waals surface area (Å²) in [5.41, 5.74) is 15.0. The van der Waals surface area contributed by atoms with Gasteiger partial charge in [0.2, 0.25) is 5.91 Å². The Balaban J connectivity index is 1.72. The van der Waals surface area contributed by atoms with Crippen molar-refractivity contribution in [3.05, 3.63) is 59.8 Å². The maximum atomic E-state index is 11.7. The van der Waals surface area contributed by atoms with Crippen LogP contribution in [0.1, 0.15) is 23.2 Å². The maximum absolute atomic E-state index is 11.7. The van der Waals surface area contributed by atoms with Crippen molar-refractivity contribution < 1.29 is 9.90 Å². The minimum Gasteiger partial charge on any atom is -0.507 e. The lowest BCUT2D eigenvalue weighted by Crippen LogP contribution is -2.26. The van der Waals surface area contributed by atoms with Gasteiger partial charge < -0.3 is 26.5 Å². The number of aromatic amines is 1. The van der Waals surface area contributed by atoms with Gasteiger partial charge in [-0.05, 0) is 49.1 Å². The Morgan fingerprint density at radius 3 is 2.92 bits per heavy atom. The molecule has 0 bridgehead atoms. The Morgan fingerprint density at radius 2 is 2.19 bits per heavy atom. The first-order valence-corrected chi connectivity index (χ1v) is 8.62. The van der Waals surface area contributed by atoms with Gasteiger partial charge in [-0.25, -0.2) is 0 Å². The average molecular weight is 352 g/mol. The topological polar surface area (TPSA) is 108 Å². The number of anilines is 1. The summed E-state index contributed by atoms with van der Waals surface area (Å²) in [6.45, 7) is 5.03. The van der Waals surface area contributed by atoms with E-state index in [1.807, 2.05) is 17.0 Å². The van der Waals surface area contributed by atoms with E-state index in [0.717, 1.165) is 37.2 Å². The zero-order valence-corrected chi connectivity index (χ0v) is 14.6. The van der Waals surface area contributed by atoms with Gasteiger partial charge in [0, 0.05) is 35.6 Å². The molecule has 136 valence electrons. The number of nitrogen functional groups attached to an aromatic ring is 1. The zero-order valence-electron chi connectivity index (χ0n) is 14.6. The summed E-state index contributed by atoms with van der Waals surface area (Å²) in [6.07, 6.45) is 4.89. The first-order valence-electron chi connectivity index (χ1n) is 8.62. The molecule has 6 N–H and O–H groups in total. The molecule has 1 fully saturated rings. The van der Waals surface area contributed by atoms with Crippen LogP contribution in [0.5, 0.6) is 5.75 Å². The molecule has 1 unspecified atom stereocenters. The van der Waals surface area contributed by atoms with Crippen LogP contribution in [0, 0.1) is 5.92 Å². The third-order valence-corrected chi connectivity index (χ3v) is 4.74. The molecular weight excluding hydrogens is 328 g/mol. The molecule has 1 aliphatic heterocycles. The van der Waals surface area contributed by atoms with Gasteiger partial charge in [-0.15, -0.1) is 0 Å². The van der Waals surface area contributed by atoms with Crippen molar-refractivity contribution in [2.75, 3.05) is 18.8 Å². The third kappa shape index (κ3) is 3.74. The highest BCUT2D eigenvalue weighted by Crippen LogP contribution is 2.27. The number of amides is 1. The third-order valence-electron chi connectivity index (χ3n) is 4.74. The van der Waals surface area contributed by atoms with Crippen molar-refractivity contribution in [2.24, 2.45) is 11.7 Å². The number of nitrogens with two attached hydrogens (primary N) is 2. The second-order valence-corrected chi connectivity index (χ2v) is 6.63. The number of nitrogens with one attached hydrogen (secondary N) is 1. The molecule has 0 saturated carbocycles. The molecule has 3 rings (SSSR count). The van der Waals surface area contributed by atoms with E-state index >= 15 is 0 Å². The molecule has 0 spiro atoms. The minimum absolute atomic E-state index is 0.0161. The summed E-state index contributed by atoms with van der Waals surface area (Å²) in [4.78, 5) is 16.7.